The van der Waals surface area contributed by atoms with E-state index in [1.807, 2.05) is 6.92 Å². The van der Waals surface area contributed by atoms with Crippen molar-refractivity contribution in [1.82, 2.24) is 0 Å². The van der Waals surface area contributed by atoms with Gasteiger partial charge in [-0.25, -0.2) is 4.39 Å². The van der Waals surface area contributed by atoms with Crippen molar-refractivity contribution in [2.24, 2.45) is 22.2 Å². The SMILES string of the molecule is Cc1cc(F)cc(NC(=O)C2(/C(N)=N/O)CC(C)C2)c1. The molecule has 2 rings (SSSR count). The second kappa shape index (κ2) is 5.11. The summed E-state index contributed by atoms with van der Waals surface area (Å²) in [5.74, 6) is -0.549. The minimum atomic E-state index is -0.992. The summed E-state index contributed by atoms with van der Waals surface area (Å²) in [6.45, 7) is 3.73. The number of oxime groups is 1. The number of benzene rings is 1. The molecule has 0 spiro atoms. The average molecular weight is 279 g/mol. The zero-order valence-corrected chi connectivity index (χ0v) is 11.5. The molecule has 0 saturated heterocycles. The van der Waals surface area contributed by atoms with Crippen molar-refractivity contribution in [2.45, 2.75) is 26.7 Å². The highest BCUT2D eigenvalue weighted by atomic mass is 19.1. The second-order valence-electron chi connectivity index (χ2n) is 5.55. The number of nitrogens with two attached hydrogens (primary N) is 1. The van der Waals surface area contributed by atoms with Gasteiger partial charge < -0.3 is 16.3 Å². The van der Waals surface area contributed by atoms with E-state index in [0.29, 0.717) is 30.0 Å². The molecule has 0 aliphatic heterocycles. The molecule has 1 aromatic carbocycles. The van der Waals surface area contributed by atoms with E-state index in [1.165, 1.54) is 12.1 Å². The van der Waals surface area contributed by atoms with Crippen LogP contribution >= 0.6 is 0 Å². The van der Waals surface area contributed by atoms with Gasteiger partial charge in [0.15, 0.2) is 5.84 Å². The predicted molar refractivity (Wildman–Crippen MR) is 74.0 cm³/mol. The van der Waals surface area contributed by atoms with E-state index in [0.717, 1.165) is 0 Å². The van der Waals surface area contributed by atoms with Crippen LogP contribution in [0.4, 0.5) is 10.1 Å². The molecule has 108 valence electrons. The Labute approximate surface area is 116 Å². The number of hydrogen-bond acceptors (Lipinski definition) is 3. The highest BCUT2D eigenvalue weighted by Crippen LogP contribution is 2.46. The van der Waals surface area contributed by atoms with Crippen LogP contribution in [0.1, 0.15) is 25.3 Å². The first-order valence-corrected chi connectivity index (χ1v) is 6.44. The van der Waals surface area contributed by atoms with Gasteiger partial charge in [0.2, 0.25) is 5.91 Å². The van der Waals surface area contributed by atoms with Gasteiger partial charge in [-0.2, -0.15) is 0 Å². The minimum absolute atomic E-state index is 0.0961. The Morgan fingerprint density at radius 2 is 2.15 bits per heavy atom. The number of nitrogens with zero attached hydrogens (tertiary/aromatic N) is 1. The van der Waals surface area contributed by atoms with Crippen LogP contribution in [-0.4, -0.2) is 17.0 Å². The molecule has 1 fully saturated rings. The normalized spacial score (nSPS) is 25.9. The Balaban J connectivity index is 2.22. The van der Waals surface area contributed by atoms with Gasteiger partial charge in [0.05, 0.1) is 0 Å². The molecular formula is C14H18FN3O2. The van der Waals surface area contributed by atoms with Crippen molar-refractivity contribution >= 4 is 17.4 Å². The van der Waals surface area contributed by atoms with E-state index in [-0.39, 0.29) is 11.7 Å². The largest absolute Gasteiger partial charge is 0.409 e. The summed E-state index contributed by atoms with van der Waals surface area (Å²) in [5, 5.41) is 14.5. The minimum Gasteiger partial charge on any atom is -0.409 e. The molecular weight excluding hydrogens is 261 g/mol. The second-order valence-corrected chi connectivity index (χ2v) is 5.55. The maximum absolute atomic E-state index is 13.3. The van der Waals surface area contributed by atoms with Crippen molar-refractivity contribution in [3.63, 3.8) is 0 Å². The molecule has 0 aromatic heterocycles. The molecule has 6 heteroatoms. The monoisotopic (exact) mass is 279 g/mol. The lowest BCUT2D eigenvalue weighted by atomic mass is 9.61. The Morgan fingerprint density at radius 3 is 2.65 bits per heavy atom. The summed E-state index contributed by atoms with van der Waals surface area (Å²) in [7, 11) is 0. The first-order valence-electron chi connectivity index (χ1n) is 6.44. The van der Waals surface area contributed by atoms with E-state index in [9.17, 15) is 9.18 Å². The number of amidine groups is 1. The molecule has 0 heterocycles. The number of carbonyl (C=O) groups excluding carboxylic acids is 1. The van der Waals surface area contributed by atoms with Crippen molar-refractivity contribution < 1.29 is 14.4 Å². The van der Waals surface area contributed by atoms with Crippen molar-refractivity contribution in [1.29, 1.82) is 0 Å². The molecule has 1 saturated carbocycles. The molecule has 0 unspecified atom stereocenters. The van der Waals surface area contributed by atoms with Gasteiger partial charge in [-0.1, -0.05) is 12.1 Å². The van der Waals surface area contributed by atoms with Gasteiger partial charge in [0, 0.05) is 5.69 Å². The average Bonchev–Trinajstić information content (AvgIpc) is 2.32. The summed E-state index contributed by atoms with van der Waals surface area (Å²) in [4.78, 5) is 12.4. The molecule has 1 amide bonds. The molecule has 0 radical (unpaired) electrons. The number of halogens is 1. The van der Waals surface area contributed by atoms with Gasteiger partial charge in [0.1, 0.15) is 11.2 Å². The van der Waals surface area contributed by atoms with Gasteiger partial charge in [0.25, 0.3) is 0 Å². The highest BCUT2D eigenvalue weighted by molar-refractivity contribution is 6.12. The van der Waals surface area contributed by atoms with Gasteiger partial charge in [-0.15, -0.1) is 0 Å². The van der Waals surface area contributed by atoms with E-state index in [1.54, 1.807) is 13.0 Å². The van der Waals surface area contributed by atoms with E-state index in [2.05, 4.69) is 10.5 Å². The van der Waals surface area contributed by atoms with E-state index in [4.69, 9.17) is 10.9 Å². The maximum atomic E-state index is 13.3. The standard InChI is InChI=1S/C14H18FN3O2/c1-8-3-10(15)5-11(4-8)17-13(19)14(12(16)18-20)6-9(2)7-14/h3-5,9,20H,6-7H2,1-2H3,(H2,16,18)(H,17,19). The van der Waals surface area contributed by atoms with Crippen molar-refractivity contribution in [3.05, 3.63) is 29.6 Å². The van der Waals surface area contributed by atoms with Gasteiger partial charge in [-0.3, -0.25) is 4.79 Å². The van der Waals surface area contributed by atoms with Crippen LogP contribution in [0.25, 0.3) is 0 Å². The summed E-state index contributed by atoms with van der Waals surface area (Å²) >= 11 is 0. The lowest BCUT2D eigenvalue weighted by Gasteiger charge is -2.43. The van der Waals surface area contributed by atoms with Gasteiger partial charge >= 0.3 is 0 Å². The first-order chi connectivity index (χ1) is 9.37. The number of amides is 1. The van der Waals surface area contributed by atoms with Crippen molar-refractivity contribution in [3.8, 4) is 0 Å². The third-order valence-corrected chi connectivity index (χ3v) is 3.73. The molecule has 20 heavy (non-hydrogen) atoms. The zero-order valence-electron chi connectivity index (χ0n) is 11.5. The van der Waals surface area contributed by atoms with Crippen LogP contribution in [0.5, 0.6) is 0 Å². The fraction of sp³-hybridized carbons (Fsp3) is 0.429. The number of hydrogen-bond donors (Lipinski definition) is 3. The number of rotatable bonds is 3. The fourth-order valence-corrected chi connectivity index (χ4v) is 2.80. The number of aryl methyl sites for hydroxylation is 1. The Hall–Kier alpha value is -2.11. The lowest BCUT2D eigenvalue weighted by molar-refractivity contribution is -0.127. The molecule has 1 aliphatic carbocycles. The summed E-state index contributed by atoms with van der Waals surface area (Å²) in [5.41, 5.74) is 5.74. The molecule has 5 nitrogen and oxygen atoms in total. The van der Waals surface area contributed by atoms with Crippen LogP contribution in [-0.2, 0) is 4.79 Å². The van der Waals surface area contributed by atoms with Gasteiger partial charge in [-0.05, 0) is 49.4 Å². The third kappa shape index (κ3) is 2.45. The van der Waals surface area contributed by atoms with Crippen LogP contribution in [0.3, 0.4) is 0 Å². The Kier molecular flexibility index (Phi) is 3.65. The predicted octanol–water partition coefficient (Wildman–Crippen LogP) is 2.24. The molecule has 0 atom stereocenters. The summed E-state index contributed by atoms with van der Waals surface area (Å²) in [6, 6.07) is 4.29. The third-order valence-electron chi connectivity index (χ3n) is 3.73. The lowest BCUT2D eigenvalue weighted by Crippen LogP contribution is -2.54. The number of carbonyl (C=O) groups is 1. The topological polar surface area (TPSA) is 87.7 Å². The Morgan fingerprint density at radius 1 is 1.50 bits per heavy atom. The maximum Gasteiger partial charge on any atom is 0.238 e. The summed E-state index contributed by atoms with van der Waals surface area (Å²) < 4.78 is 13.3. The van der Waals surface area contributed by atoms with Crippen molar-refractivity contribution in [2.75, 3.05) is 5.32 Å². The Bertz CT molecular complexity index is 545. The van der Waals surface area contributed by atoms with E-state index < -0.39 is 11.2 Å². The fourth-order valence-electron chi connectivity index (χ4n) is 2.80. The number of nitrogens with one attached hydrogen (secondary N) is 1. The quantitative estimate of drug-likeness (QED) is 0.343. The van der Waals surface area contributed by atoms with Crippen LogP contribution in [0.15, 0.2) is 23.4 Å². The highest BCUT2D eigenvalue weighted by Gasteiger charge is 2.52. The summed E-state index contributed by atoms with van der Waals surface area (Å²) in [6.07, 6.45) is 1.03. The van der Waals surface area contributed by atoms with E-state index >= 15 is 0 Å². The van der Waals surface area contributed by atoms with Crippen LogP contribution < -0.4 is 11.1 Å². The number of anilines is 1. The first kappa shape index (κ1) is 14.3. The molecule has 4 N–H and O–H groups in total. The molecule has 0 bridgehead atoms. The van der Waals surface area contributed by atoms with Crippen LogP contribution in [0, 0.1) is 24.1 Å². The smallest absolute Gasteiger partial charge is 0.238 e. The van der Waals surface area contributed by atoms with Crippen LogP contribution in [0.2, 0.25) is 0 Å². The molecule has 1 aromatic rings. The molecule has 1 aliphatic rings. The zero-order chi connectivity index (χ0) is 14.9.